The summed E-state index contributed by atoms with van der Waals surface area (Å²) in [5.74, 6) is 1.08. The quantitative estimate of drug-likeness (QED) is 0.855. The molecule has 2 heterocycles. The fourth-order valence-electron chi connectivity index (χ4n) is 5.10. The van der Waals surface area contributed by atoms with E-state index in [1.54, 1.807) is 0 Å². The third kappa shape index (κ3) is 3.96. The van der Waals surface area contributed by atoms with Gasteiger partial charge in [0.2, 0.25) is 0 Å². The molecule has 0 bridgehead atoms. The number of urea groups is 1. The molecule has 2 fully saturated rings. The second-order valence-electron chi connectivity index (χ2n) is 8.58. The lowest BCUT2D eigenvalue weighted by atomic mass is 9.71. The van der Waals surface area contributed by atoms with Crippen LogP contribution in [0.15, 0.2) is 0 Å². The van der Waals surface area contributed by atoms with Crippen LogP contribution in [-0.4, -0.2) is 51.2 Å². The lowest BCUT2D eigenvalue weighted by Crippen LogP contribution is -2.56. The summed E-state index contributed by atoms with van der Waals surface area (Å²) in [6, 6.07) is -0.0164. The smallest absolute Gasteiger partial charge is 0.317 e. The minimum atomic E-state index is -0.538. The van der Waals surface area contributed by atoms with Crippen LogP contribution in [0, 0.1) is 12.8 Å². The van der Waals surface area contributed by atoms with Crippen molar-refractivity contribution in [3.05, 3.63) is 22.8 Å². The number of carbonyl (C=O) groups excluding carboxylic acids is 1. The molecule has 27 heavy (non-hydrogen) atoms. The van der Waals surface area contributed by atoms with Gasteiger partial charge in [-0.15, -0.1) is 0 Å². The largest absolute Gasteiger partial charge is 0.389 e. The van der Waals surface area contributed by atoms with Gasteiger partial charge in [-0.25, -0.2) is 14.8 Å². The van der Waals surface area contributed by atoms with Crippen LogP contribution >= 0.6 is 0 Å². The lowest BCUT2D eigenvalue weighted by molar-refractivity contribution is -0.0870. The van der Waals surface area contributed by atoms with Gasteiger partial charge in [0.05, 0.1) is 5.60 Å². The highest BCUT2D eigenvalue weighted by Gasteiger charge is 2.43. The van der Waals surface area contributed by atoms with E-state index in [-0.39, 0.29) is 11.9 Å². The zero-order chi connectivity index (χ0) is 18.9. The molecule has 0 unspecified atom stereocenters. The van der Waals surface area contributed by atoms with Gasteiger partial charge in [0.1, 0.15) is 5.82 Å². The molecule has 1 aromatic heterocycles. The molecule has 148 valence electrons. The molecule has 1 saturated carbocycles. The van der Waals surface area contributed by atoms with Crippen molar-refractivity contribution >= 4 is 6.03 Å². The molecule has 3 aliphatic rings. The van der Waals surface area contributed by atoms with Gasteiger partial charge < -0.3 is 15.3 Å². The Kier molecular flexibility index (Phi) is 5.35. The first kappa shape index (κ1) is 18.7. The first-order valence-corrected chi connectivity index (χ1v) is 10.7. The van der Waals surface area contributed by atoms with E-state index >= 15 is 0 Å². The number of rotatable bonds is 3. The predicted octanol–water partition coefficient (Wildman–Crippen LogP) is 2.54. The van der Waals surface area contributed by atoms with Gasteiger partial charge in [0.15, 0.2) is 0 Å². The van der Waals surface area contributed by atoms with Gasteiger partial charge in [0.25, 0.3) is 0 Å². The standard InChI is InChI=1S/C21H32N4O2/c1-15-17-7-2-3-8-18(17)24-19(23-15)9-12-22-20(26)25-13-11-21(27)10-5-4-6-16(21)14-25/h16,27H,2-14H2,1H3,(H,22,26)/t16-,21-/m0/s1. The maximum absolute atomic E-state index is 12.6. The van der Waals surface area contributed by atoms with Crippen LogP contribution in [0.5, 0.6) is 0 Å². The average Bonchev–Trinajstić information content (AvgIpc) is 2.67. The van der Waals surface area contributed by atoms with Crippen molar-refractivity contribution in [3.63, 3.8) is 0 Å². The molecule has 2 atom stereocenters. The third-order valence-electron chi connectivity index (χ3n) is 6.78. The zero-order valence-corrected chi connectivity index (χ0v) is 16.5. The number of aromatic nitrogens is 2. The Labute approximate surface area is 161 Å². The van der Waals surface area contributed by atoms with Crippen LogP contribution in [-0.2, 0) is 19.3 Å². The molecule has 2 N–H and O–H groups in total. The highest BCUT2D eigenvalue weighted by atomic mass is 16.3. The molecule has 0 aromatic carbocycles. The van der Waals surface area contributed by atoms with Crippen molar-refractivity contribution in [2.45, 2.75) is 76.7 Å². The number of carbonyl (C=O) groups is 1. The molecule has 0 spiro atoms. The Bertz CT molecular complexity index is 708. The summed E-state index contributed by atoms with van der Waals surface area (Å²) in [5.41, 5.74) is 3.11. The van der Waals surface area contributed by atoms with E-state index in [0.29, 0.717) is 32.5 Å². The molecular formula is C21H32N4O2. The van der Waals surface area contributed by atoms with Gasteiger partial charge in [-0.1, -0.05) is 12.8 Å². The Hall–Kier alpha value is -1.69. The van der Waals surface area contributed by atoms with Crippen molar-refractivity contribution in [2.24, 2.45) is 5.92 Å². The molecular weight excluding hydrogens is 340 g/mol. The van der Waals surface area contributed by atoms with E-state index < -0.39 is 5.60 Å². The van der Waals surface area contributed by atoms with E-state index in [9.17, 15) is 9.90 Å². The summed E-state index contributed by atoms with van der Waals surface area (Å²) < 4.78 is 0. The summed E-state index contributed by atoms with van der Waals surface area (Å²) in [5, 5.41) is 13.8. The number of nitrogens with zero attached hydrogens (tertiary/aromatic N) is 3. The van der Waals surface area contributed by atoms with E-state index in [2.05, 4.69) is 17.2 Å². The zero-order valence-electron chi connectivity index (χ0n) is 16.5. The minimum absolute atomic E-state index is 0.0164. The molecule has 1 aliphatic heterocycles. The normalized spacial score (nSPS) is 27.6. The second-order valence-corrected chi connectivity index (χ2v) is 8.58. The van der Waals surface area contributed by atoms with Gasteiger partial charge >= 0.3 is 6.03 Å². The van der Waals surface area contributed by atoms with Crippen molar-refractivity contribution < 1.29 is 9.90 Å². The van der Waals surface area contributed by atoms with Gasteiger partial charge in [0, 0.05) is 43.4 Å². The van der Waals surface area contributed by atoms with Crippen LogP contribution in [0.25, 0.3) is 0 Å². The Morgan fingerprint density at radius 3 is 2.96 bits per heavy atom. The number of nitrogens with one attached hydrogen (secondary N) is 1. The summed E-state index contributed by atoms with van der Waals surface area (Å²) in [4.78, 5) is 23.8. The number of aryl methyl sites for hydroxylation is 2. The molecule has 1 saturated heterocycles. The van der Waals surface area contributed by atoms with Gasteiger partial charge in [-0.3, -0.25) is 0 Å². The van der Waals surface area contributed by atoms with Crippen LogP contribution < -0.4 is 5.32 Å². The lowest BCUT2D eigenvalue weighted by Gasteiger charge is -2.47. The number of fused-ring (bicyclic) bond motifs is 2. The number of piperidine rings is 1. The molecule has 6 nitrogen and oxygen atoms in total. The molecule has 4 rings (SSSR count). The average molecular weight is 373 g/mol. The highest BCUT2D eigenvalue weighted by molar-refractivity contribution is 5.74. The Morgan fingerprint density at radius 1 is 1.22 bits per heavy atom. The summed E-state index contributed by atoms with van der Waals surface area (Å²) in [6.45, 7) is 3.96. The molecule has 1 aromatic rings. The predicted molar refractivity (Wildman–Crippen MR) is 104 cm³/mol. The van der Waals surface area contributed by atoms with Crippen molar-refractivity contribution in [1.82, 2.24) is 20.2 Å². The number of aliphatic hydroxyl groups is 1. The van der Waals surface area contributed by atoms with Crippen LogP contribution in [0.2, 0.25) is 0 Å². The van der Waals surface area contributed by atoms with Crippen LogP contribution in [0.4, 0.5) is 4.79 Å². The summed E-state index contributed by atoms with van der Waals surface area (Å²) in [7, 11) is 0. The minimum Gasteiger partial charge on any atom is -0.389 e. The summed E-state index contributed by atoms with van der Waals surface area (Å²) >= 11 is 0. The highest BCUT2D eigenvalue weighted by Crippen LogP contribution is 2.39. The molecule has 2 amide bonds. The maximum Gasteiger partial charge on any atom is 0.317 e. The number of amides is 2. The fraction of sp³-hybridized carbons (Fsp3) is 0.762. The third-order valence-corrected chi connectivity index (χ3v) is 6.78. The van der Waals surface area contributed by atoms with Crippen molar-refractivity contribution in [3.8, 4) is 0 Å². The van der Waals surface area contributed by atoms with E-state index in [1.165, 1.54) is 24.1 Å². The summed E-state index contributed by atoms with van der Waals surface area (Å²) in [6.07, 6.45) is 10.2. The topological polar surface area (TPSA) is 78.4 Å². The van der Waals surface area contributed by atoms with Crippen molar-refractivity contribution in [2.75, 3.05) is 19.6 Å². The van der Waals surface area contributed by atoms with Crippen molar-refractivity contribution in [1.29, 1.82) is 0 Å². The monoisotopic (exact) mass is 372 g/mol. The first-order chi connectivity index (χ1) is 13.0. The Balaban J connectivity index is 1.29. The molecule has 6 heteroatoms. The van der Waals surface area contributed by atoms with E-state index in [0.717, 1.165) is 50.0 Å². The van der Waals surface area contributed by atoms with E-state index in [1.807, 2.05) is 4.90 Å². The first-order valence-electron chi connectivity index (χ1n) is 10.7. The Morgan fingerprint density at radius 2 is 2.07 bits per heavy atom. The second kappa shape index (κ2) is 7.74. The van der Waals surface area contributed by atoms with Gasteiger partial charge in [-0.2, -0.15) is 0 Å². The fourth-order valence-corrected chi connectivity index (χ4v) is 5.10. The molecule has 2 aliphatic carbocycles. The number of likely N-dealkylation sites (tertiary alicyclic amines) is 1. The van der Waals surface area contributed by atoms with Gasteiger partial charge in [-0.05, 0) is 57.4 Å². The molecule has 0 radical (unpaired) electrons. The van der Waals surface area contributed by atoms with E-state index in [4.69, 9.17) is 4.98 Å². The number of hydrogen-bond donors (Lipinski definition) is 2. The van der Waals surface area contributed by atoms with Crippen LogP contribution in [0.1, 0.15) is 67.7 Å². The number of hydrogen-bond acceptors (Lipinski definition) is 4. The maximum atomic E-state index is 12.6. The SMILES string of the molecule is Cc1nc(CCNC(=O)N2CC[C@@]3(O)CCCC[C@H]3C2)nc2c1CCCC2. The van der Waals surface area contributed by atoms with Crippen LogP contribution in [0.3, 0.4) is 0 Å².